The lowest BCUT2D eigenvalue weighted by Crippen LogP contribution is -2.49. The van der Waals surface area contributed by atoms with Gasteiger partial charge in [0.15, 0.2) is 0 Å². The molecule has 2 aliphatic heterocycles. The van der Waals surface area contributed by atoms with Gasteiger partial charge in [-0.2, -0.15) is 0 Å². The SMILES string of the molecule is O=C1NC(=O)C2(CCN(C3CCCc4c(I)cccc43)C2)N1. The van der Waals surface area contributed by atoms with Gasteiger partial charge in [0.2, 0.25) is 0 Å². The fraction of sp³-hybridized carbons (Fsp3) is 0.500. The minimum absolute atomic E-state index is 0.168. The molecule has 22 heavy (non-hydrogen) atoms. The third-order valence-corrected chi connectivity index (χ3v) is 6.18. The number of imide groups is 1. The molecule has 0 radical (unpaired) electrons. The number of amides is 3. The Hall–Kier alpha value is -1.15. The molecule has 3 amide bonds. The minimum Gasteiger partial charge on any atom is -0.322 e. The molecule has 2 N–H and O–H groups in total. The van der Waals surface area contributed by atoms with E-state index >= 15 is 0 Å². The Morgan fingerprint density at radius 3 is 2.95 bits per heavy atom. The van der Waals surface area contributed by atoms with Crippen LogP contribution in [0.15, 0.2) is 18.2 Å². The topological polar surface area (TPSA) is 61.4 Å². The summed E-state index contributed by atoms with van der Waals surface area (Å²) in [7, 11) is 0. The molecule has 2 heterocycles. The smallest absolute Gasteiger partial charge is 0.322 e. The first kappa shape index (κ1) is 14.4. The molecule has 5 nitrogen and oxygen atoms in total. The Bertz CT molecular complexity index is 663. The van der Waals surface area contributed by atoms with E-state index in [0.29, 0.717) is 19.0 Å². The molecular weight excluding hydrogens is 393 g/mol. The molecule has 1 spiro atoms. The van der Waals surface area contributed by atoms with Gasteiger partial charge < -0.3 is 5.32 Å². The maximum Gasteiger partial charge on any atom is 0.322 e. The zero-order chi connectivity index (χ0) is 15.3. The number of nitrogens with zero attached hydrogens (tertiary/aromatic N) is 1. The summed E-state index contributed by atoms with van der Waals surface area (Å²) >= 11 is 2.41. The summed E-state index contributed by atoms with van der Waals surface area (Å²) in [6, 6.07) is 6.51. The van der Waals surface area contributed by atoms with Gasteiger partial charge >= 0.3 is 6.03 Å². The fourth-order valence-corrected chi connectivity index (χ4v) is 4.87. The molecule has 116 valence electrons. The number of carbonyl (C=O) groups is 2. The second-order valence-corrected chi connectivity index (χ2v) is 7.59. The first-order valence-corrected chi connectivity index (χ1v) is 8.82. The van der Waals surface area contributed by atoms with Crippen molar-refractivity contribution in [1.82, 2.24) is 15.5 Å². The van der Waals surface area contributed by atoms with E-state index in [0.717, 1.165) is 19.4 Å². The summed E-state index contributed by atoms with van der Waals surface area (Å²) < 4.78 is 1.33. The predicted molar refractivity (Wildman–Crippen MR) is 90.4 cm³/mol. The highest BCUT2D eigenvalue weighted by molar-refractivity contribution is 14.1. The molecule has 4 rings (SSSR count). The standard InChI is InChI=1S/C16H18IN3O2/c17-12-5-1-4-11-10(12)3-2-6-13(11)20-8-7-16(9-20)14(21)18-15(22)19-16/h1,4-5,13H,2-3,6-9H2,(H2,18,19,21,22). The predicted octanol–water partition coefficient (Wildman–Crippen LogP) is 1.95. The Morgan fingerprint density at radius 2 is 2.18 bits per heavy atom. The van der Waals surface area contributed by atoms with E-state index in [1.54, 1.807) is 0 Å². The molecule has 2 fully saturated rings. The van der Waals surface area contributed by atoms with Gasteiger partial charge in [-0.3, -0.25) is 15.0 Å². The van der Waals surface area contributed by atoms with Gasteiger partial charge in [-0.05, 0) is 65.5 Å². The van der Waals surface area contributed by atoms with Crippen molar-refractivity contribution in [2.24, 2.45) is 0 Å². The average Bonchev–Trinajstić information content (AvgIpc) is 3.03. The van der Waals surface area contributed by atoms with Crippen LogP contribution in [0.2, 0.25) is 0 Å². The highest BCUT2D eigenvalue weighted by atomic mass is 127. The number of hydrogen-bond donors (Lipinski definition) is 2. The number of carbonyl (C=O) groups excluding carboxylic acids is 2. The van der Waals surface area contributed by atoms with Crippen LogP contribution in [-0.4, -0.2) is 35.5 Å². The second kappa shape index (κ2) is 5.19. The van der Waals surface area contributed by atoms with Crippen LogP contribution < -0.4 is 10.6 Å². The summed E-state index contributed by atoms with van der Waals surface area (Å²) in [6.45, 7) is 1.46. The maximum absolute atomic E-state index is 12.1. The first-order valence-electron chi connectivity index (χ1n) is 7.74. The van der Waals surface area contributed by atoms with Crippen molar-refractivity contribution in [2.45, 2.75) is 37.3 Å². The van der Waals surface area contributed by atoms with E-state index in [-0.39, 0.29) is 11.9 Å². The highest BCUT2D eigenvalue weighted by Gasteiger charge is 2.52. The monoisotopic (exact) mass is 411 g/mol. The van der Waals surface area contributed by atoms with Gasteiger partial charge in [-0.1, -0.05) is 12.1 Å². The van der Waals surface area contributed by atoms with Gasteiger partial charge in [0.05, 0.1) is 0 Å². The molecule has 6 heteroatoms. The number of nitrogens with one attached hydrogen (secondary N) is 2. The molecule has 3 aliphatic rings. The van der Waals surface area contributed by atoms with Gasteiger partial charge in [0.1, 0.15) is 5.54 Å². The Morgan fingerprint density at radius 1 is 1.32 bits per heavy atom. The summed E-state index contributed by atoms with van der Waals surface area (Å²) in [5.41, 5.74) is 2.15. The molecular formula is C16H18IN3O2. The van der Waals surface area contributed by atoms with Crippen molar-refractivity contribution in [1.29, 1.82) is 0 Å². The first-order chi connectivity index (χ1) is 10.6. The zero-order valence-corrected chi connectivity index (χ0v) is 14.4. The maximum atomic E-state index is 12.1. The zero-order valence-electron chi connectivity index (χ0n) is 12.2. The van der Waals surface area contributed by atoms with Crippen LogP contribution in [0, 0.1) is 3.57 Å². The largest absolute Gasteiger partial charge is 0.322 e. The van der Waals surface area contributed by atoms with Gasteiger partial charge in [0.25, 0.3) is 5.91 Å². The fourth-order valence-electron chi connectivity index (χ4n) is 4.08. The third-order valence-electron chi connectivity index (χ3n) is 5.17. The second-order valence-electron chi connectivity index (χ2n) is 6.43. The number of rotatable bonds is 1. The quantitative estimate of drug-likeness (QED) is 0.549. The summed E-state index contributed by atoms with van der Waals surface area (Å²) in [6.07, 6.45) is 4.14. The lowest BCUT2D eigenvalue weighted by atomic mass is 9.87. The van der Waals surface area contributed by atoms with Crippen LogP contribution in [0.3, 0.4) is 0 Å². The molecule has 2 saturated heterocycles. The molecule has 1 aromatic carbocycles. The van der Waals surface area contributed by atoms with Crippen molar-refractivity contribution in [3.63, 3.8) is 0 Å². The van der Waals surface area contributed by atoms with Crippen LogP contribution in [0.4, 0.5) is 4.79 Å². The van der Waals surface area contributed by atoms with Crippen LogP contribution in [0.1, 0.15) is 36.4 Å². The van der Waals surface area contributed by atoms with Crippen molar-refractivity contribution < 1.29 is 9.59 Å². The van der Waals surface area contributed by atoms with E-state index in [1.165, 1.54) is 21.1 Å². The lowest BCUT2D eigenvalue weighted by molar-refractivity contribution is -0.123. The highest BCUT2D eigenvalue weighted by Crippen LogP contribution is 2.39. The van der Waals surface area contributed by atoms with E-state index in [4.69, 9.17) is 0 Å². The third kappa shape index (κ3) is 2.15. The Kier molecular flexibility index (Phi) is 3.41. The van der Waals surface area contributed by atoms with Crippen LogP contribution in [0.5, 0.6) is 0 Å². The van der Waals surface area contributed by atoms with Crippen molar-refractivity contribution in [3.8, 4) is 0 Å². The van der Waals surface area contributed by atoms with E-state index in [1.807, 2.05) is 0 Å². The molecule has 2 unspecified atom stereocenters. The van der Waals surface area contributed by atoms with Crippen molar-refractivity contribution in [2.75, 3.05) is 13.1 Å². The van der Waals surface area contributed by atoms with Crippen molar-refractivity contribution in [3.05, 3.63) is 32.9 Å². The number of halogens is 1. The van der Waals surface area contributed by atoms with E-state index in [2.05, 4.69) is 56.3 Å². The van der Waals surface area contributed by atoms with Gasteiger partial charge in [0, 0.05) is 22.7 Å². The normalized spacial score (nSPS) is 31.2. The van der Waals surface area contributed by atoms with Gasteiger partial charge in [-0.15, -0.1) is 0 Å². The molecule has 0 saturated carbocycles. The van der Waals surface area contributed by atoms with Crippen LogP contribution >= 0.6 is 22.6 Å². The van der Waals surface area contributed by atoms with Gasteiger partial charge in [-0.25, -0.2) is 4.79 Å². The van der Waals surface area contributed by atoms with Crippen LogP contribution in [0.25, 0.3) is 0 Å². The van der Waals surface area contributed by atoms with E-state index < -0.39 is 5.54 Å². The van der Waals surface area contributed by atoms with Crippen LogP contribution in [-0.2, 0) is 11.2 Å². The molecule has 2 atom stereocenters. The average molecular weight is 411 g/mol. The molecule has 0 aromatic heterocycles. The summed E-state index contributed by atoms with van der Waals surface area (Å²) in [5.74, 6) is -0.168. The lowest BCUT2D eigenvalue weighted by Gasteiger charge is -2.34. The number of hydrogen-bond acceptors (Lipinski definition) is 3. The number of likely N-dealkylation sites (tertiary alicyclic amines) is 1. The summed E-state index contributed by atoms with van der Waals surface area (Å²) in [5, 5.41) is 5.23. The molecule has 1 aliphatic carbocycles. The molecule has 0 bridgehead atoms. The Balaban J connectivity index is 1.62. The molecule has 1 aromatic rings. The number of urea groups is 1. The van der Waals surface area contributed by atoms with Crippen molar-refractivity contribution >= 4 is 34.5 Å². The van der Waals surface area contributed by atoms with E-state index in [9.17, 15) is 9.59 Å². The minimum atomic E-state index is -0.712. The number of fused-ring (bicyclic) bond motifs is 1. The summed E-state index contributed by atoms with van der Waals surface area (Å²) in [4.78, 5) is 26.0. The number of benzene rings is 1. The Labute approximate surface area is 143 Å².